The minimum absolute atomic E-state index is 0.0797. The summed E-state index contributed by atoms with van der Waals surface area (Å²) < 4.78 is 13.3. The standard InChI is InChI=1S/C20H18ClFN2O4S/c1-2-17(20(28)24-13-6-7-16(22)15(21)11-13)29-14-5-3-4-12(10-14)23-18(25)8-9-19(26)27/h3-11,17H,2H2,1H3,(H,23,25)(H,24,28)(H,26,27)/b9-8+. The first-order valence-electron chi connectivity index (χ1n) is 8.53. The topological polar surface area (TPSA) is 95.5 Å². The number of carboxylic acids is 1. The van der Waals surface area contributed by atoms with Gasteiger partial charge in [0.25, 0.3) is 0 Å². The molecule has 0 radical (unpaired) electrons. The molecule has 2 aromatic rings. The zero-order valence-corrected chi connectivity index (χ0v) is 16.9. The Morgan fingerprint density at radius 3 is 2.52 bits per heavy atom. The average molecular weight is 437 g/mol. The molecule has 0 spiro atoms. The fourth-order valence-corrected chi connectivity index (χ4v) is 3.46. The van der Waals surface area contributed by atoms with Crippen molar-refractivity contribution in [2.75, 3.05) is 10.6 Å². The molecule has 2 aromatic carbocycles. The van der Waals surface area contributed by atoms with Gasteiger partial charge >= 0.3 is 5.97 Å². The molecule has 0 aliphatic carbocycles. The van der Waals surface area contributed by atoms with E-state index in [0.29, 0.717) is 17.8 Å². The first-order valence-corrected chi connectivity index (χ1v) is 9.79. The van der Waals surface area contributed by atoms with E-state index in [2.05, 4.69) is 10.6 Å². The zero-order valence-electron chi connectivity index (χ0n) is 15.3. The minimum atomic E-state index is -1.22. The smallest absolute Gasteiger partial charge is 0.328 e. The summed E-state index contributed by atoms with van der Waals surface area (Å²) in [5.41, 5.74) is 0.863. The average Bonchev–Trinajstić information content (AvgIpc) is 2.67. The van der Waals surface area contributed by atoms with Crippen LogP contribution in [0, 0.1) is 5.82 Å². The number of nitrogens with one attached hydrogen (secondary N) is 2. The molecule has 2 rings (SSSR count). The number of hydrogen-bond acceptors (Lipinski definition) is 4. The summed E-state index contributed by atoms with van der Waals surface area (Å²) in [7, 11) is 0. The molecule has 0 saturated carbocycles. The molecule has 0 fully saturated rings. The molecule has 1 atom stereocenters. The number of anilines is 2. The van der Waals surface area contributed by atoms with Crippen LogP contribution < -0.4 is 10.6 Å². The third-order valence-electron chi connectivity index (χ3n) is 3.61. The summed E-state index contributed by atoms with van der Waals surface area (Å²) in [4.78, 5) is 35.5. The van der Waals surface area contributed by atoms with Crippen LogP contribution >= 0.6 is 23.4 Å². The van der Waals surface area contributed by atoms with Gasteiger partial charge in [-0.05, 0) is 42.8 Å². The second kappa shape index (κ2) is 10.6. The van der Waals surface area contributed by atoms with Gasteiger partial charge in [-0.15, -0.1) is 11.8 Å². The molecule has 2 amide bonds. The Labute approximate surface area is 176 Å². The van der Waals surface area contributed by atoms with Gasteiger partial charge in [0.05, 0.1) is 10.3 Å². The van der Waals surface area contributed by atoms with Gasteiger partial charge in [-0.25, -0.2) is 9.18 Å². The summed E-state index contributed by atoms with van der Waals surface area (Å²) in [5, 5.41) is 13.3. The second-order valence-electron chi connectivity index (χ2n) is 5.82. The molecule has 1 unspecified atom stereocenters. The van der Waals surface area contributed by atoms with E-state index in [1.165, 1.54) is 30.0 Å². The molecule has 9 heteroatoms. The number of carboxylic acid groups (broad SMARTS) is 1. The SMILES string of the molecule is CCC(Sc1cccc(NC(=O)/C=C/C(=O)O)c1)C(=O)Nc1ccc(F)c(Cl)c1. The van der Waals surface area contributed by atoms with Crippen molar-refractivity contribution in [3.8, 4) is 0 Å². The van der Waals surface area contributed by atoms with Crippen LogP contribution in [0.2, 0.25) is 5.02 Å². The van der Waals surface area contributed by atoms with Gasteiger partial charge in [0, 0.05) is 28.4 Å². The van der Waals surface area contributed by atoms with Crippen LogP contribution in [0.1, 0.15) is 13.3 Å². The first-order chi connectivity index (χ1) is 13.8. The zero-order chi connectivity index (χ0) is 21.4. The molecule has 0 aromatic heterocycles. The maximum absolute atomic E-state index is 13.3. The molecule has 6 nitrogen and oxygen atoms in total. The second-order valence-corrected chi connectivity index (χ2v) is 7.50. The summed E-state index contributed by atoms with van der Waals surface area (Å²) in [6.45, 7) is 1.86. The lowest BCUT2D eigenvalue weighted by atomic mass is 10.2. The lowest BCUT2D eigenvalue weighted by molar-refractivity contribution is -0.131. The van der Waals surface area contributed by atoms with E-state index >= 15 is 0 Å². The molecule has 29 heavy (non-hydrogen) atoms. The van der Waals surface area contributed by atoms with Crippen LogP contribution in [0.5, 0.6) is 0 Å². The third-order valence-corrected chi connectivity index (χ3v) is 5.26. The highest BCUT2D eigenvalue weighted by Crippen LogP contribution is 2.29. The number of aliphatic carboxylic acids is 1. The Morgan fingerprint density at radius 1 is 1.14 bits per heavy atom. The largest absolute Gasteiger partial charge is 0.478 e. The van der Waals surface area contributed by atoms with Crippen molar-refractivity contribution in [1.82, 2.24) is 0 Å². The van der Waals surface area contributed by atoms with Gasteiger partial charge in [0.1, 0.15) is 5.82 Å². The predicted molar refractivity (Wildman–Crippen MR) is 112 cm³/mol. The number of halogens is 2. The third kappa shape index (κ3) is 7.24. The quantitative estimate of drug-likeness (QED) is 0.416. The van der Waals surface area contributed by atoms with Crippen LogP contribution in [0.3, 0.4) is 0 Å². The number of thioether (sulfide) groups is 1. The number of hydrogen-bond donors (Lipinski definition) is 3. The van der Waals surface area contributed by atoms with Gasteiger partial charge < -0.3 is 15.7 Å². The van der Waals surface area contributed by atoms with Crippen molar-refractivity contribution in [1.29, 1.82) is 0 Å². The highest BCUT2D eigenvalue weighted by molar-refractivity contribution is 8.00. The van der Waals surface area contributed by atoms with Crippen molar-refractivity contribution in [2.45, 2.75) is 23.5 Å². The Kier molecular flexibility index (Phi) is 8.23. The first kappa shape index (κ1) is 22.4. The van der Waals surface area contributed by atoms with Crippen molar-refractivity contribution in [3.05, 3.63) is 65.5 Å². The molecule has 152 valence electrons. The Morgan fingerprint density at radius 2 is 1.86 bits per heavy atom. The Balaban J connectivity index is 2.04. The van der Waals surface area contributed by atoms with Gasteiger partial charge in [0.2, 0.25) is 11.8 Å². The van der Waals surface area contributed by atoms with E-state index < -0.39 is 22.9 Å². The number of rotatable bonds is 8. The molecule has 0 heterocycles. The van der Waals surface area contributed by atoms with Crippen molar-refractivity contribution >= 4 is 52.5 Å². The number of carbonyl (C=O) groups is 3. The van der Waals surface area contributed by atoms with Crippen LogP contribution in [0.4, 0.5) is 15.8 Å². The van der Waals surface area contributed by atoms with Gasteiger partial charge in [0.15, 0.2) is 0 Å². The summed E-state index contributed by atoms with van der Waals surface area (Å²) in [6, 6.07) is 10.8. The summed E-state index contributed by atoms with van der Waals surface area (Å²) in [6.07, 6.45) is 2.19. The lowest BCUT2D eigenvalue weighted by Crippen LogP contribution is -2.24. The van der Waals surface area contributed by atoms with Crippen LogP contribution in [-0.4, -0.2) is 28.1 Å². The molecule has 0 aliphatic rings. The Hall–Kier alpha value is -2.84. The highest BCUT2D eigenvalue weighted by atomic mass is 35.5. The number of carbonyl (C=O) groups excluding carboxylic acids is 2. The van der Waals surface area contributed by atoms with Crippen LogP contribution in [-0.2, 0) is 14.4 Å². The van der Waals surface area contributed by atoms with Crippen molar-refractivity contribution in [3.63, 3.8) is 0 Å². The molecule has 3 N–H and O–H groups in total. The van der Waals surface area contributed by atoms with E-state index in [0.717, 1.165) is 17.0 Å². The van der Waals surface area contributed by atoms with Crippen molar-refractivity contribution in [2.24, 2.45) is 0 Å². The molecular weight excluding hydrogens is 419 g/mol. The predicted octanol–water partition coefficient (Wildman–Crippen LogP) is 4.57. The minimum Gasteiger partial charge on any atom is -0.478 e. The van der Waals surface area contributed by atoms with Crippen molar-refractivity contribution < 1.29 is 23.9 Å². The molecule has 0 aliphatic heterocycles. The van der Waals surface area contributed by atoms with E-state index in [4.69, 9.17) is 16.7 Å². The van der Waals surface area contributed by atoms with Crippen LogP contribution in [0.25, 0.3) is 0 Å². The Bertz CT molecular complexity index is 952. The number of benzene rings is 2. The number of amides is 2. The summed E-state index contributed by atoms with van der Waals surface area (Å²) >= 11 is 7.04. The fourth-order valence-electron chi connectivity index (χ4n) is 2.26. The summed E-state index contributed by atoms with van der Waals surface area (Å²) in [5.74, 6) is -2.63. The van der Waals surface area contributed by atoms with E-state index in [1.54, 1.807) is 24.3 Å². The normalized spacial score (nSPS) is 11.8. The fraction of sp³-hybridized carbons (Fsp3) is 0.150. The maximum atomic E-state index is 13.3. The molecule has 0 saturated heterocycles. The van der Waals surface area contributed by atoms with Crippen LogP contribution in [0.15, 0.2) is 59.5 Å². The maximum Gasteiger partial charge on any atom is 0.328 e. The highest BCUT2D eigenvalue weighted by Gasteiger charge is 2.19. The van der Waals surface area contributed by atoms with E-state index in [1.807, 2.05) is 6.92 Å². The van der Waals surface area contributed by atoms with Gasteiger partial charge in [-0.2, -0.15) is 0 Å². The molecular formula is C20H18ClFN2O4S. The van der Waals surface area contributed by atoms with Gasteiger partial charge in [-0.1, -0.05) is 24.6 Å². The monoisotopic (exact) mass is 436 g/mol. The van der Waals surface area contributed by atoms with E-state index in [-0.39, 0.29) is 10.9 Å². The molecule has 0 bridgehead atoms. The lowest BCUT2D eigenvalue weighted by Gasteiger charge is -2.15. The van der Waals surface area contributed by atoms with Gasteiger partial charge in [-0.3, -0.25) is 9.59 Å². The van der Waals surface area contributed by atoms with E-state index in [9.17, 15) is 18.8 Å².